The molecule has 142 valence electrons. The minimum Gasteiger partial charge on any atom is -0.274 e. The first-order valence-electron chi connectivity index (χ1n) is 9.55. The van der Waals surface area contributed by atoms with Crippen LogP contribution in [0.4, 0.5) is 10.1 Å². The Morgan fingerprint density at radius 1 is 0.793 bits per heavy atom. The molecular weight excluding hydrogens is 389 g/mol. The Morgan fingerprint density at radius 3 is 1.97 bits per heavy atom. The van der Waals surface area contributed by atoms with Gasteiger partial charge in [-0.25, -0.2) is 9.29 Å². The summed E-state index contributed by atoms with van der Waals surface area (Å²) in [5, 5.41) is 0. The van der Waals surface area contributed by atoms with Gasteiger partial charge in [0.1, 0.15) is 10.7 Å². The number of hydrogen-bond acceptors (Lipinski definition) is 2. The molecule has 0 saturated carbocycles. The van der Waals surface area contributed by atoms with Crippen molar-refractivity contribution < 1.29 is 14.0 Å². The number of alkyl halides is 1. The highest BCUT2D eigenvalue weighted by molar-refractivity contribution is 6.33. The molecule has 0 spiro atoms. The number of carbonyl (C=O) groups excluding carboxylic acids is 2. The molecule has 7 rings (SSSR count). The van der Waals surface area contributed by atoms with Gasteiger partial charge in [-0.2, -0.15) is 0 Å². The predicted octanol–water partition coefficient (Wildman–Crippen LogP) is 4.57. The first-order chi connectivity index (χ1) is 14.0. The number of amides is 2. The van der Waals surface area contributed by atoms with Crippen LogP contribution in [0.15, 0.2) is 72.8 Å². The maximum absolute atomic E-state index is 14.5. The average molecular weight is 404 g/mol. The highest BCUT2D eigenvalue weighted by Gasteiger charge is 2.68. The van der Waals surface area contributed by atoms with Crippen molar-refractivity contribution in [3.05, 3.63) is 101 Å². The summed E-state index contributed by atoms with van der Waals surface area (Å²) in [5.41, 5.74) is 3.66. The third-order valence-electron chi connectivity index (χ3n) is 6.61. The lowest BCUT2D eigenvalue weighted by Crippen LogP contribution is -2.50. The van der Waals surface area contributed by atoms with E-state index in [-0.39, 0.29) is 17.5 Å². The second kappa shape index (κ2) is 5.55. The van der Waals surface area contributed by atoms with Crippen LogP contribution >= 0.6 is 11.6 Å². The van der Waals surface area contributed by atoms with Gasteiger partial charge in [0.2, 0.25) is 11.8 Å². The van der Waals surface area contributed by atoms with Crippen molar-refractivity contribution in [2.75, 3.05) is 4.90 Å². The third-order valence-corrected chi connectivity index (χ3v) is 7.25. The Morgan fingerprint density at radius 2 is 1.34 bits per heavy atom. The molecule has 1 fully saturated rings. The molecule has 0 aromatic heterocycles. The zero-order valence-corrected chi connectivity index (χ0v) is 15.9. The molecule has 1 heterocycles. The van der Waals surface area contributed by atoms with Crippen LogP contribution in [-0.4, -0.2) is 11.8 Å². The summed E-state index contributed by atoms with van der Waals surface area (Å²) in [6.07, 6.45) is 0. The van der Waals surface area contributed by atoms with E-state index in [0.717, 1.165) is 27.2 Å². The van der Waals surface area contributed by atoms with Gasteiger partial charge in [-0.1, -0.05) is 60.7 Å². The first-order valence-corrected chi connectivity index (χ1v) is 9.93. The van der Waals surface area contributed by atoms with Crippen molar-refractivity contribution in [2.45, 2.75) is 10.8 Å². The Kier molecular flexibility index (Phi) is 3.24. The summed E-state index contributed by atoms with van der Waals surface area (Å²) in [6.45, 7) is 0. The number of para-hydroxylation sites is 1. The lowest BCUT2D eigenvalue weighted by atomic mass is 9.54. The molecule has 2 bridgehead atoms. The molecule has 29 heavy (non-hydrogen) atoms. The molecule has 0 N–H and O–H groups in total. The summed E-state index contributed by atoms with van der Waals surface area (Å²) < 4.78 is 14.5. The van der Waals surface area contributed by atoms with Gasteiger partial charge in [-0.15, -0.1) is 11.6 Å². The quantitative estimate of drug-likeness (QED) is 0.441. The monoisotopic (exact) mass is 403 g/mol. The number of halogens is 2. The van der Waals surface area contributed by atoms with E-state index in [9.17, 15) is 14.0 Å². The van der Waals surface area contributed by atoms with Crippen LogP contribution in [0, 0.1) is 17.7 Å². The minimum atomic E-state index is -1.15. The van der Waals surface area contributed by atoms with Gasteiger partial charge in [0, 0.05) is 5.92 Å². The van der Waals surface area contributed by atoms with E-state index in [1.807, 2.05) is 48.5 Å². The van der Waals surface area contributed by atoms with Crippen molar-refractivity contribution in [1.82, 2.24) is 0 Å². The lowest BCUT2D eigenvalue weighted by Gasteiger charge is -2.50. The van der Waals surface area contributed by atoms with Crippen LogP contribution < -0.4 is 4.90 Å². The van der Waals surface area contributed by atoms with Crippen LogP contribution in [-0.2, 0) is 14.5 Å². The zero-order valence-electron chi connectivity index (χ0n) is 15.2. The average Bonchev–Trinajstić information content (AvgIpc) is 3.01. The maximum Gasteiger partial charge on any atom is 0.240 e. The fourth-order valence-electron chi connectivity index (χ4n) is 5.55. The summed E-state index contributed by atoms with van der Waals surface area (Å²) in [6, 6.07) is 21.4. The second-order valence-electron chi connectivity index (χ2n) is 7.83. The standard InChI is InChI=1S/C24H15ClFNO2/c25-24-15-9-3-1-7-13(15)19(14-8-2-4-10-16(14)24)20-21(24)23(29)27(22(20)28)18-12-6-5-11-17(18)26/h1-12,19-21H. The summed E-state index contributed by atoms with van der Waals surface area (Å²) in [4.78, 5) is 27.0. The largest absolute Gasteiger partial charge is 0.274 e. The molecule has 5 heteroatoms. The maximum atomic E-state index is 14.5. The van der Waals surface area contributed by atoms with Crippen molar-refractivity contribution in [3.8, 4) is 0 Å². The molecule has 2 unspecified atom stereocenters. The van der Waals surface area contributed by atoms with Crippen LogP contribution in [0.25, 0.3) is 0 Å². The van der Waals surface area contributed by atoms with Crippen molar-refractivity contribution in [1.29, 1.82) is 0 Å². The SMILES string of the molecule is O=C1C2C3c4ccccc4C(Cl)(c4ccccc43)C2C(=O)N1c1ccccc1F. The van der Waals surface area contributed by atoms with Gasteiger partial charge in [-0.05, 0) is 34.4 Å². The van der Waals surface area contributed by atoms with E-state index in [2.05, 4.69) is 0 Å². The van der Waals surface area contributed by atoms with Gasteiger partial charge in [0.15, 0.2) is 0 Å². The van der Waals surface area contributed by atoms with Crippen molar-refractivity contribution in [3.63, 3.8) is 0 Å². The molecule has 0 radical (unpaired) electrons. The molecule has 3 aromatic rings. The zero-order chi connectivity index (χ0) is 19.9. The molecule has 3 aromatic carbocycles. The van der Waals surface area contributed by atoms with E-state index in [4.69, 9.17) is 11.6 Å². The molecular formula is C24H15ClFNO2. The van der Waals surface area contributed by atoms with Crippen LogP contribution in [0.2, 0.25) is 0 Å². The summed E-state index contributed by atoms with van der Waals surface area (Å²) in [7, 11) is 0. The van der Waals surface area contributed by atoms with E-state index >= 15 is 0 Å². The van der Waals surface area contributed by atoms with Gasteiger partial charge >= 0.3 is 0 Å². The van der Waals surface area contributed by atoms with E-state index < -0.39 is 28.4 Å². The van der Waals surface area contributed by atoms with Crippen LogP contribution in [0.3, 0.4) is 0 Å². The second-order valence-corrected chi connectivity index (χ2v) is 8.43. The normalized spacial score (nSPS) is 28.9. The summed E-state index contributed by atoms with van der Waals surface area (Å²) in [5.74, 6) is -3.12. The molecule has 3 aliphatic carbocycles. The number of nitrogens with zero attached hydrogens (tertiary/aromatic N) is 1. The van der Waals surface area contributed by atoms with Crippen LogP contribution in [0.1, 0.15) is 28.2 Å². The van der Waals surface area contributed by atoms with Gasteiger partial charge in [0.05, 0.1) is 17.5 Å². The van der Waals surface area contributed by atoms with Gasteiger partial charge < -0.3 is 0 Å². The van der Waals surface area contributed by atoms with Crippen molar-refractivity contribution in [2.24, 2.45) is 11.8 Å². The topological polar surface area (TPSA) is 37.4 Å². The van der Waals surface area contributed by atoms with Gasteiger partial charge in [0.25, 0.3) is 0 Å². The van der Waals surface area contributed by atoms with Crippen molar-refractivity contribution >= 4 is 29.1 Å². The highest BCUT2D eigenvalue weighted by Crippen LogP contribution is 2.65. The van der Waals surface area contributed by atoms with Crippen LogP contribution in [0.5, 0.6) is 0 Å². The Hall–Kier alpha value is -2.98. The number of hydrogen-bond donors (Lipinski definition) is 0. The molecule has 2 amide bonds. The number of imide groups is 1. The Balaban J connectivity index is 1.64. The third kappa shape index (κ3) is 1.88. The smallest absolute Gasteiger partial charge is 0.240 e. The van der Waals surface area contributed by atoms with E-state index in [0.29, 0.717) is 0 Å². The number of carbonyl (C=O) groups is 2. The number of benzene rings is 3. The Bertz CT molecular complexity index is 1180. The lowest BCUT2D eigenvalue weighted by molar-refractivity contribution is -0.122. The molecule has 1 aliphatic heterocycles. The molecule has 2 atom stereocenters. The molecule has 3 nitrogen and oxygen atoms in total. The molecule has 4 aliphatic rings. The predicted molar refractivity (Wildman–Crippen MR) is 107 cm³/mol. The molecule has 1 saturated heterocycles. The fraction of sp³-hybridized carbons (Fsp3) is 0.167. The van der Waals surface area contributed by atoms with E-state index in [1.54, 1.807) is 6.07 Å². The minimum absolute atomic E-state index is 0.00956. The highest BCUT2D eigenvalue weighted by atomic mass is 35.5. The summed E-state index contributed by atoms with van der Waals surface area (Å²) >= 11 is 7.32. The number of rotatable bonds is 1. The number of anilines is 1. The fourth-order valence-corrected chi connectivity index (χ4v) is 6.12. The van der Waals surface area contributed by atoms with Gasteiger partial charge in [-0.3, -0.25) is 9.59 Å². The first kappa shape index (κ1) is 16.9. The Labute approximate surface area is 171 Å². The van der Waals surface area contributed by atoms with E-state index in [1.165, 1.54) is 18.2 Å².